The van der Waals surface area contributed by atoms with Gasteiger partial charge in [0.25, 0.3) is 0 Å². The zero-order chi connectivity index (χ0) is 13.5. The maximum atomic E-state index is 5.39. The van der Waals surface area contributed by atoms with Crippen LogP contribution in [0.3, 0.4) is 0 Å². The molecule has 1 fully saturated rings. The summed E-state index contributed by atoms with van der Waals surface area (Å²) in [4.78, 5) is 8.98. The second kappa shape index (κ2) is 7.70. The van der Waals surface area contributed by atoms with Crippen LogP contribution in [0, 0.1) is 5.92 Å². The van der Waals surface area contributed by atoms with Crippen LogP contribution >= 0.6 is 11.8 Å². The van der Waals surface area contributed by atoms with Gasteiger partial charge in [-0.3, -0.25) is 0 Å². The van der Waals surface area contributed by atoms with Gasteiger partial charge in [0.05, 0.1) is 0 Å². The van der Waals surface area contributed by atoms with Crippen LogP contribution in [-0.4, -0.2) is 29.4 Å². The fourth-order valence-electron chi connectivity index (χ4n) is 2.31. The molecule has 1 saturated carbocycles. The summed E-state index contributed by atoms with van der Waals surface area (Å²) in [5.41, 5.74) is 0. The van der Waals surface area contributed by atoms with E-state index in [1.54, 1.807) is 0 Å². The molecule has 1 N–H and O–H groups in total. The summed E-state index contributed by atoms with van der Waals surface area (Å²) in [5.74, 6) is 3.68. The van der Waals surface area contributed by atoms with E-state index in [2.05, 4.69) is 15.3 Å². The second-order valence-corrected chi connectivity index (χ2v) is 5.90. The molecule has 0 atom stereocenters. The van der Waals surface area contributed by atoms with Crippen molar-refractivity contribution < 1.29 is 4.74 Å². The summed E-state index contributed by atoms with van der Waals surface area (Å²) in [6.07, 6.45) is 5.55. The molecule has 0 bridgehead atoms. The highest BCUT2D eigenvalue weighted by molar-refractivity contribution is 7.99. The average Bonchev–Trinajstić information content (AvgIpc) is 2.96. The van der Waals surface area contributed by atoms with Crippen molar-refractivity contribution in [3.63, 3.8) is 0 Å². The third-order valence-electron chi connectivity index (χ3n) is 3.38. The molecule has 1 aliphatic carbocycles. The Labute approximate surface area is 119 Å². The number of rotatable bonds is 7. The number of nitrogens with zero attached hydrogens (tertiary/aromatic N) is 2. The van der Waals surface area contributed by atoms with Gasteiger partial charge < -0.3 is 10.1 Å². The normalized spacial score (nSPS) is 15.9. The number of aromatic nitrogens is 2. The van der Waals surface area contributed by atoms with Crippen LogP contribution in [0.25, 0.3) is 0 Å². The summed E-state index contributed by atoms with van der Waals surface area (Å²) in [7, 11) is 1.89. The van der Waals surface area contributed by atoms with Crippen LogP contribution in [0.5, 0.6) is 0 Å². The maximum Gasteiger partial charge on any atom is 0.157 e. The largest absolute Gasteiger partial charge is 0.374 e. The lowest BCUT2D eigenvalue weighted by Gasteiger charge is -2.10. The van der Waals surface area contributed by atoms with E-state index < -0.39 is 0 Å². The number of hydrogen-bond acceptors (Lipinski definition) is 5. The highest BCUT2D eigenvalue weighted by Gasteiger charge is 2.15. The van der Waals surface area contributed by atoms with E-state index in [4.69, 9.17) is 4.74 Å². The Kier molecular flexibility index (Phi) is 5.92. The predicted molar refractivity (Wildman–Crippen MR) is 79.6 cm³/mol. The van der Waals surface area contributed by atoms with Crippen LogP contribution in [0.2, 0.25) is 0 Å². The second-order valence-electron chi connectivity index (χ2n) is 4.86. The number of hydrogen-bond donors (Lipinski definition) is 1. The first kappa shape index (κ1) is 14.6. The minimum atomic E-state index is 0.489. The van der Waals surface area contributed by atoms with Crippen molar-refractivity contribution in [2.75, 3.05) is 24.7 Å². The molecular formula is C14H23N3OS. The molecule has 0 amide bonds. The molecule has 4 nitrogen and oxygen atoms in total. The smallest absolute Gasteiger partial charge is 0.157 e. The fraction of sp³-hybridized carbons (Fsp3) is 0.714. The summed E-state index contributed by atoms with van der Waals surface area (Å²) >= 11 is 1.85. The lowest BCUT2D eigenvalue weighted by molar-refractivity contribution is 0.128. The molecule has 0 aliphatic heterocycles. The van der Waals surface area contributed by atoms with Crippen LogP contribution in [0.15, 0.2) is 11.1 Å². The minimum Gasteiger partial charge on any atom is -0.374 e. The molecule has 0 unspecified atom stereocenters. The Morgan fingerprint density at radius 1 is 1.37 bits per heavy atom. The Hall–Kier alpha value is -0.810. The van der Waals surface area contributed by atoms with Crippen molar-refractivity contribution in [2.45, 2.75) is 44.2 Å². The van der Waals surface area contributed by atoms with Gasteiger partial charge in [-0.1, -0.05) is 12.8 Å². The SMILES string of the molecule is CCOCc1nc(NC)cc(SCC2CCCC2)n1. The Bertz CT molecular complexity index is 394. The molecule has 1 aliphatic rings. The highest BCUT2D eigenvalue weighted by Crippen LogP contribution is 2.30. The zero-order valence-electron chi connectivity index (χ0n) is 11.8. The van der Waals surface area contributed by atoms with Crippen molar-refractivity contribution >= 4 is 17.6 Å². The Morgan fingerprint density at radius 2 is 2.16 bits per heavy atom. The summed E-state index contributed by atoms with van der Waals surface area (Å²) < 4.78 is 5.39. The molecule has 0 aromatic carbocycles. The van der Waals surface area contributed by atoms with Crippen molar-refractivity contribution in [3.8, 4) is 0 Å². The van der Waals surface area contributed by atoms with Gasteiger partial charge in [0, 0.05) is 25.5 Å². The number of nitrogens with one attached hydrogen (secondary N) is 1. The van der Waals surface area contributed by atoms with Crippen molar-refractivity contribution in [3.05, 3.63) is 11.9 Å². The van der Waals surface area contributed by atoms with E-state index in [9.17, 15) is 0 Å². The molecule has 19 heavy (non-hydrogen) atoms. The lowest BCUT2D eigenvalue weighted by atomic mass is 10.1. The molecule has 5 heteroatoms. The van der Waals surface area contributed by atoms with Crippen LogP contribution in [0.1, 0.15) is 38.4 Å². The van der Waals surface area contributed by atoms with Crippen molar-refractivity contribution in [1.82, 2.24) is 9.97 Å². The van der Waals surface area contributed by atoms with Gasteiger partial charge in [-0.15, -0.1) is 11.8 Å². The molecule has 0 radical (unpaired) electrons. The average molecular weight is 281 g/mol. The van der Waals surface area contributed by atoms with Crippen LogP contribution in [-0.2, 0) is 11.3 Å². The first-order valence-electron chi connectivity index (χ1n) is 7.08. The van der Waals surface area contributed by atoms with E-state index in [1.165, 1.54) is 31.4 Å². The molecule has 0 spiro atoms. The summed E-state index contributed by atoms with van der Waals surface area (Å²) in [6, 6.07) is 2.02. The monoisotopic (exact) mass is 281 g/mol. The van der Waals surface area contributed by atoms with Gasteiger partial charge in [0.15, 0.2) is 5.82 Å². The summed E-state index contributed by atoms with van der Waals surface area (Å²) in [5, 5.41) is 4.15. The van der Waals surface area contributed by atoms with Gasteiger partial charge >= 0.3 is 0 Å². The third kappa shape index (κ3) is 4.66. The van der Waals surface area contributed by atoms with E-state index in [0.717, 1.165) is 22.6 Å². The molecule has 1 heterocycles. The van der Waals surface area contributed by atoms with Crippen LogP contribution in [0.4, 0.5) is 5.82 Å². The standard InChI is InChI=1S/C14H23N3OS/c1-3-18-9-13-16-12(15-2)8-14(17-13)19-10-11-6-4-5-7-11/h8,11H,3-7,9-10H2,1-2H3,(H,15,16,17). The third-order valence-corrected chi connectivity index (χ3v) is 4.53. The van der Waals surface area contributed by atoms with E-state index in [-0.39, 0.29) is 0 Å². The first-order chi connectivity index (χ1) is 9.31. The van der Waals surface area contributed by atoms with Crippen molar-refractivity contribution in [2.24, 2.45) is 5.92 Å². The first-order valence-corrected chi connectivity index (χ1v) is 8.06. The van der Waals surface area contributed by atoms with Gasteiger partial charge in [0.2, 0.25) is 0 Å². The van der Waals surface area contributed by atoms with Gasteiger partial charge in [-0.2, -0.15) is 0 Å². The molecule has 0 saturated heterocycles. The van der Waals surface area contributed by atoms with E-state index in [1.807, 2.05) is 31.8 Å². The van der Waals surface area contributed by atoms with E-state index in [0.29, 0.717) is 13.2 Å². The molecule has 106 valence electrons. The van der Waals surface area contributed by atoms with Gasteiger partial charge in [0.1, 0.15) is 17.5 Å². The summed E-state index contributed by atoms with van der Waals surface area (Å²) in [6.45, 7) is 3.17. The number of ether oxygens (including phenoxy) is 1. The maximum absolute atomic E-state index is 5.39. The lowest BCUT2D eigenvalue weighted by Crippen LogP contribution is -2.04. The van der Waals surface area contributed by atoms with Gasteiger partial charge in [-0.25, -0.2) is 9.97 Å². The zero-order valence-corrected chi connectivity index (χ0v) is 12.6. The fourth-order valence-corrected chi connectivity index (χ4v) is 3.42. The number of thioether (sulfide) groups is 1. The topological polar surface area (TPSA) is 47.0 Å². The van der Waals surface area contributed by atoms with Crippen molar-refractivity contribution in [1.29, 1.82) is 0 Å². The molecule has 1 aromatic rings. The molecule has 1 aromatic heterocycles. The Morgan fingerprint density at radius 3 is 2.84 bits per heavy atom. The minimum absolute atomic E-state index is 0.489. The predicted octanol–water partition coefficient (Wildman–Crippen LogP) is 3.34. The number of anilines is 1. The van der Waals surface area contributed by atoms with E-state index >= 15 is 0 Å². The quantitative estimate of drug-likeness (QED) is 0.613. The molecule has 2 rings (SSSR count). The van der Waals surface area contributed by atoms with Crippen LogP contribution < -0.4 is 5.32 Å². The molecular weight excluding hydrogens is 258 g/mol. The Balaban J connectivity index is 1.96. The highest BCUT2D eigenvalue weighted by atomic mass is 32.2. The van der Waals surface area contributed by atoms with Gasteiger partial charge in [-0.05, 0) is 25.7 Å².